The Labute approximate surface area is 180 Å². The van der Waals surface area contributed by atoms with Gasteiger partial charge >= 0.3 is 0 Å². The third-order valence-corrected chi connectivity index (χ3v) is 4.41. The Morgan fingerprint density at radius 2 is 2.07 bits per heavy atom. The highest BCUT2D eigenvalue weighted by Gasteiger charge is 2.13. The Morgan fingerprint density at radius 1 is 1.29 bits per heavy atom. The number of rotatable bonds is 5. The monoisotopic (exact) mass is 499 g/mol. The lowest BCUT2D eigenvalue weighted by Gasteiger charge is -2.18. The quantitative estimate of drug-likeness (QED) is 0.317. The average Bonchev–Trinajstić information content (AvgIpc) is 3.05. The van der Waals surface area contributed by atoms with Crippen molar-refractivity contribution in [3.63, 3.8) is 0 Å². The number of imidazole rings is 1. The molecule has 0 spiro atoms. The number of hydrogen-bond acceptors (Lipinski definition) is 2. The molecule has 2 N–H and O–H groups in total. The fraction of sp³-hybridized carbons (Fsp3) is 0.300. The zero-order valence-electron chi connectivity index (χ0n) is 16.0. The van der Waals surface area contributed by atoms with Gasteiger partial charge in [0.25, 0.3) is 0 Å². The summed E-state index contributed by atoms with van der Waals surface area (Å²) in [6.45, 7) is 4.46. The zero-order valence-corrected chi connectivity index (χ0v) is 18.4. The number of aryl methyl sites for hydroxylation is 1. The van der Waals surface area contributed by atoms with Crippen molar-refractivity contribution < 1.29 is 8.78 Å². The Morgan fingerprint density at radius 3 is 2.75 bits per heavy atom. The van der Waals surface area contributed by atoms with Crippen molar-refractivity contribution in [3.05, 3.63) is 71.2 Å². The summed E-state index contributed by atoms with van der Waals surface area (Å²) in [4.78, 5) is 8.80. The fourth-order valence-corrected chi connectivity index (χ4v) is 2.96. The van der Waals surface area contributed by atoms with E-state index in [-0.39, 0.29) is 30.0 Å². The van der Waals surface area contributed by atoms with Gasteiger partial charge in [-0.3, -0.25) is 4.99 Å². The smallest absolute Gasteiger partial charge is 0.191 e. The number of aliphatic imine (C=N–C) groups is 1. The van der Waals surface area contributed by atoms with Crippen molar-refractivity contribution in [1.29, 1.82) is 0 Å². The number of nitrogens with zero attached hydrogens (tertiary/aromatic N) is 3. The molecule has 28 heavy (non-hydrogen) atoms. The molecule has 0 radical (unpaired) electrons. The second kappa shape index (κ2) is 9.81. The van der Waals surface area contributed by atoms with Crippen LogP contribution in [0, 0.1) is 18.6 Å². The van der Waals surface area contributed by atoms with Crippen LogP contribution >= 0.6 is 24.0 Å². The summed E-state index contributed by atoms with van der Waals surface area (Å²) in [6, 6.07) is 7.25. The standard InChI is InChI=1S/C20H23F2N5.HI/c1-13-5-4-10-27-12-16(26-19(13)27)8-9-24-20(23-3)25-14(2)17-7-6-15(21)11-18(17)22;/h4-7,10-12,14H,8-9H2,1-3H3,(H2,23,24,25);1H. The molecule has 2 heterocycles. The molecule has 0 amide bonds. The molecule has 1 aromatic carbocycles. The molecule has 0 bridgehead atoms. The molecule has 0 fully saturated rings. The first-order valence-corrected chi connectivity index (χ1v) is 8.83. The predicted molar refractivity (Wildman–Crippen MR) is 118 cm³/mol. The van der Waals surface area contributed by atoms with Crippen LogP contribution in [0.1, 0.15) is 29.8 Å². The number of benzene rings is 1. The van der Waals surface area contributed by atoms with Crippen LogP contribution in [0.4, 0.5) is 8.78 Å². The minimum Gasteiger partial charge on any atom is -0.356 e. The van der Waals surface area contributed by atoms with E-state index in [9.17, 15) is 8.78 Å². The minimum atomic E-state index is -0.589. The number of guanidine groups is 1. The van der Waals surface area contributed by atoms with E-state index >= 15 is 0 Å². The van der Waals surface area contributed by atoms with Gasteiger partial charge in [-0.25, -0.2) is 13.8 Å². The van der Waals surface area contributed by atoms with Gasteiger partial charge in [0.05, 0.1) is 11.7 Å². The van der Waals surface area contributed by atoms with E-state index in [0.29, 0.717) is 18.1 Å². The Balaban J connectivity index is 0.00000280. The van der Waals surface area contributed by atoms with Gasteiger partial charge in [-0.05, 0) is 31.5 Å². The topological polar surface area (TPSA) is 53.7 Å². The van der Waals surface area contributed by atoms with E-state index in [1.165, 1.54) is 12.1 Å². The highest BCUT2D eigenvalue weighted by atomic mass is 127. The molecule has 0 aliphatic rings. The maximum Gasteiger partial charge on any atom is 0.191 e. The normalized spacial score (nSPS) is 12.5. The van der Waals surface area contributed by atoms with Crippen LogP contribution in [0.15, 0.2) is 47.7 Å². The van der Waals surface area contributed by atoms with Crippen LogP contribution in [0.3, 0.4) is 0 Å². The molecule has 150 valence electrons. The summed E-state index contributed by atoms with van der Waals surface area (Å²) >= 11 is 0. The number of fused-ring (bicyclic) bond motifs is 1. The van der Waals surface area contributed by atoms with Crippen LogP contribution < -0.4 is 10.6 Å². The van der Waals surface area contributed by atoms with Crippen LogP contribution in [-0.2, 0) is 6.42 Å². The van der Waals surface area contributed by atoms with Gasteiger partial charge in [0.1, 0.15) is 17.3 Å². The third kappa shape index (κ3) is 5.18. The number of pyridine rings is 1. The van der Waals surface area contributed by atoms with Crippen molar-refractivity contribution in [2.45, 2.75) is 26.3 Å². The van der Waals surface area contributed by atoms with Crippen LogP contribution in [0.5, 0.6) is 0 Å². The molecule has 1 unspecified atom stereocenters. The summed E-state index contributed by atoms with van der Waals surface area (Å²) in [7, 11) is 1.65. The number of aromatic nitrogens is 2. The van der Waals surface area contributed by atoms with Gasteiger partial charge in [-0.2, -0.15) is 0 Å². The maximum absolute atomic E-state index is 13.9. The lowest BCUT2D eigenvalue weighted by molar-refractivity contribution is 0.551. The Hall–Kier alpha value is -2.23. The Bertz CT molecular complexity index is 970. The molecule has 0 saturated heterocycles. The van der Waals surface area contributed by atoms with Gasteiger partial charge < -0.3 is 15.0 Å². The van der Waals surface area contributed by atoms with Crippen molar-refractivity contribution in [3.8, 4) is 0 Å². The zero-order chi connectivity index (χ0) is 19.4. The summed E-state index contributed by atoms with van der Waals surface area (Å²) in [5.74, 6) is -0.620. The van der Waals surface area contributed by atoms with Gasteiger partial charge in [0.15, 0.2) is 5.96 Å². The average molecular weight is 499 g/mol. The van der Waals surface area contributed by atoms with Crippen LogP contribution in [0.2, 0.25) is 0 Å². The van der Waals surface area contributed by atoms with Crippen LogP contribution in [-0.4, -0.2) is 28.9 Å². The molecular weight excluding hydrogens is 475 g/mol. The van der Waals surface area contributed by atoms with Gasteiger partial charge in [-0.15, -0.1) is 24.0 Å². The lowest BCUT2D eigenvalue weighted by atomic mass is 10.1. The number of hydrogen-bond donors (Lipinski definition) is 2. The van der Waals surface area contributed by atoms with Crippen molar-refractivity contribution in [2.24, 2.45) is 4.99 Å². The second-order valence-electron chi connectivity index (χ2n) is 6.44. The minimum absolute atomic E-state index is 0. The molecule has 5 nitrogen and oxygen atoms in total. The van der Waals surface area contributed by atoms with E-state index in [2.05, 4.69) is 20.6 Å². The van der Waals surface area contributed by atoms with E-state index in [1.54, 1.807) is 14.0 Å². The van der Waals surface area contributed by atoms with Crippen molar-refractivity contribution >= 4 is 35.6 Å². The highest BCUT2D eigenvalue weighted by molar-refractivity contribution is 14.0. The molecular formula is C20H24F2IN5. The second-order valence-corrected chi connectivity index (χ2v) is 6.44. The van der Waals surface area contributed by atoms with Crippen LogP contribution in [0.25, 0.3) is 5.65 Å². The number of halogens is 3. The highest BCUT2D eigenvalue weighted by Crippen LogP contribution is 2.17. The van der Waals surface area contributed by atoms with Crippen molar-refractivity contribution in [1.82, 2.24) is 20.0 Å². The lowest BCUT2D eigenvalue weighted by Crippen LogP contribution is -2.39. The van der Waals surface area contributed by atoms with Crippen molar-refractivity contribution in [2.75, 3.05) is 13.6 Å². The summed E-state index contributed by atoms with van der Waals surface area (Å²) in [5.41, 5.74) is 3.44. The van der Waals surface area contributed by atoms with Gasteiger partial charge in [0, 0.05) is 44.0 Å². The first kappa shape index (κ1) is 22.1. The molecule has 8 heteroatoms. The fourth-order valence-electron chi connectivity index (χ4n) is 2.96. The molecule has 0 aliphatic heterocycles. The molecule has 1 atom stereocenters. The third-order valence-electron chi connectivity index (χ3n) is 4.41. The largest absolute Gasteiger partial charge is 0.356 e. The maximum atomic E-state index is 13.9. The number of nitrogens with one attached hydrogen (secondary N) is 2. The summed E-state index contributed by atoms with van der Waals surface area (Å²) < 4.78 is 29.0. The van der Waals surface area contributed by atoms with Gasteiger partial charge in [0.2, 0.25) is 0 Å². The first-order valence-electron chi connectivity index (χ1n) is 8.83. The van der Waals surface area contributed by atoms with E-state index in [0.717, 1.165) is 29.4 Å². The molecule has 3 rings (SSSR count). The molecule has 0 aliphatic carbocycles. The summed E-state index contributed by atoms with van der Waals surface area (Å²) in [6.07, 6.45) is 4.71. The van der Waals surface area contributed by atoms with E-state index in [4.69, 9.17) is 0 Å². The van der Waals surface area contributed by atoms with E-state index in [1.807, 2.05) is 35.9 Å². The van der Waals surface area contributed by atoms with E-state index < -0.39 is 11.6 Å². The molecule has 2 aromatic heterocycles. The SMILES string of the molecule is CN=C(NCCc1cn2cccc(C)c2n1)NC(C)c1ccc(F)cc1F.I. The summed E-state index contributed by atoms with van der Waals surface area (Å²) in [5, 5.41) is 6.32. The molecule has 0 saturated carbocycles. The Kier molecular flexibility index (Phi) is 7.73. The van der Waals surface area contributed by atoms with Gasteiger partial charge in [-0.1, -0.05) is 12.1 Å². The predicted octanol–water partition coefficient (Wildman–Crippen LogP) is 4.01. The molecule has 3 aromatic rings. The first-order chi connectivity index (χ1) is 13.0.